The molecule has 0 aliphatic rings. The highest BCUT2D eigenvalue weighted by Crippen LogP contribution is 2.24. The minimum absolute atomic E-state index is 0.0448. The second kappa shape index (κ2) is 7.70. The summed E-state index contributed by atoms with van der Waals surface area (Å²) < 4.78 is 5.38. The predicted octanol–water partition coefficient (Wildman–Crippen LogP) is 2.53. The van der Waals surface area contributed by atoms with Crippen LogP contribution in [0.5, 0.6) is 11.5 Å². The van der Waals surface area contributed by atoms with E-state index >= 15 is 0 Å². The molecule has 6 nitrogen and oxygen atoms in total. The number of hydrogen-bond donors (Lipinski definition) is 3. The summed E-state index contributed by atoms with van der Waals surface area (Å²) in [5.41, 5.74) is 5.75. The molecule has 0 radical (unpaired) electrons. The van der Waals surface area contributed by atoms with Crippen LogP contribution in [0.3, 0.4) is 0 Å². The lowest BCUT2D eigenvalue weighted by Gasteiger charge is -2.19. The van der Waals surface area contributed by atoms with Crippen LogP contribution in [0.2, 0.25) is 0 Å². The SMILES string of the molecule is CC(C)(C)c1ccc(OCC(=O)NNC(=O)c2ccccc2O)cc1. The fraction of sp³-hybridized carbons (Fsp3) is 0.263. The minimum Gasteiger partial charge on any atom is -0.507 e. The van der Waals surface area contributed by atoms with Crippen LogP contribution in [0.4, 0.5) is 0 Å². The summed E-state index contributed by atoms with van der Waals surface area (Å²) in [7, 11) is 0. The molecule has 0 saturated heterocycles. The largest absolute Gasteiger partial charge is 0.507 e. The van der Waals surface area contributed by atoms with E-state index in [4.69, 9.17) is 4.74 Å². The van der Waals surface area contributed by atoms with E-state index in [-0.39, 0.29) is 23.3 Å². The second-order valence-corrected chi connectivity index (χ2v) is 6.58. The van der Waals surface area contributed by atoms with Crippen LogP contribution in [0.1, 0.15) is 36.7 Å². The molecule has 0 aliphatic heterocycles. The first-order valence-electron chi connectivity index (χ1n) is 7.88. The summed E-state index contributed by atoms with van der Waals surface area (Å²) in [6.45, 7) is 6.10. The van der Waals surface area contributed by atoms with Crippen molar-refractivity contribution in [2.75, 3.05) is 6.61 Å². The summed E-state index contributed by atoms with van der Waals surface area (Å²) in [5, 5.41) is 9.58. The van der Waals surface area contributed by atoms with Gasteiger partial charge < -0.3 is 9.84 Å². The smallest absolute Gasteiger partial charge is 0.276 e. The summed E-state index contributed by atoms with van der Waals surface area (Å²) in [6, 6.07) is 13.6. The molecule has 0 fully saturated rings. The molecule has 2 amide bonds. The van der Waals surface area contributed by atoms with Gasteiger partial charge in [0.05, 0.1) is 5.56 Å². The van der Waals surface area contributed by atoms with Crippen molar-refractivity contribution in [2.24, 2.45) is 0 Å². The lowest BCUT2D eigenvalue weighted by atomic mass is 9.87. The van der Waals surface area contributed by atoms with Gasteiger partial charge >= 0.3 is 0 Å². The molecule has 2 aromatic rings. The van der Waals surface area contributed by atoms with Crippen LogP contribution < -0.4 is 15.6 Å². The van der Waals surface area contributed by atoms with Gasteiger partial charge in [-0.25, -0.2) is 0 Å². The predicted molar refractivity (Wildman–Crippen MR) is 94.4 cm³/mol. The monoisotopic (exact) mass is 342 g/mol. The Labute approximate surface area is 146 Å². The molecule has 0 atom stereocenters. The van der Waals surface area contributed by atoms with Crippen molar-refractivity contribution < 1.29 is 19.4 Å². The van der Waals surface area contributed by atoms with Crippen molar-refractivity contribution in [3.05, 3.63) is 59.7 Å². The van der Waals surface area contributed by atoms with Crippen molar-refractivity contribution in [3.8, 4) is 11.5 Å². The third kappa shape index (κ3) is 5.24. The number of phenols is 1. The zero-order valence-electron chi connectivity index (χ0n) is 14.5. The van der Waals surface area contributed by atoms with E-state index in [2.05, 4.69) is 31.6 Å². The fourth-order valence-corrected chi connectivity index (χ4v) is 2.10. The third-order valence-corrected chi connectivity index (χ3v) is 3.55. The number of carbonyl (C=O) groups is 2. The second-order valence-electron chi connectivity index (χ2n) is 6.58. The Kier molecular flexibility index (Phi) is 5.64. The molecule has 0 bridgehead atoms. The van der Waals surface area contributed by atoms with Gasteiger partial charge in [0.15, 0.2) is 6.61 Å². The Morgan fingerprint density at radius 3 is 2.24 bits per heavy atom. The Morgan fingerprint density at radius 2 is 1.64 bits per heavy atom. The fourth-order valence-electron chi connectivity index (χ4n) is 2.10. The number of rotatable bonds is 4. The van der Waals surface area contributed by atoms with E-state index < -0.39 is 11.8 Å². The molecule has 0 aromatic heterocycles. The van der Waals surface area contributed by atoms with Crippen LogP contribution in [-0.2, 0) is 10.2 Å². The van der Waals surface area contributed by atoms with E-state index in [1.54, 1.807) is 24.3 Å². The lowest BCUT2D eigenvalue weighted by Crippen LogP contribution is -2.43. The molecule has 25 heavy (non-hydrogen) atoms. The van der Waals surface area contributed by atoms with Gasteiger partial charge in [0.2, 0.25) is 0 Å². The summed E-state index contributed by atoms with van der Waals surface area (Å²) in [5.74, 6) is -0.718. The van der Waals surface area contributed by atoms with Gasteiger partial charge in [0.1, 0.15) is 11.5 Å². The highest BCUT2D eigenvalue weighted by atomic mass is 16.5. The number of nitrogens with one attached hydrogen (secondary N) is 2. The van der Waals surface area contributed by atoms with Crippen molar-refractivity contribution in [2.45, 2.75) is 26.2 Å². The molecule has 132 valence electrons. The molecular formula is C19H22N2O4. The van der Waals surface area contributed by atoms with Gasteiger partial charge in [-0.2, -0.15) is 0 Å². The van der Waals surface area contributed by atoms with Gasteiger partial charge in [0.25, 0.3) is 11.8 Å². The maximum atomic E-state index is 11.8. The standard InChI is InChI=1S/C19H22N2O4/c1-19(2,3)13-8-10-14(11-9-13)25-12-17(23)20-21-18(24)15-6-4-5-7-16(15)22/h4-11,22H,12H2,1-3H3,(H,20,23)(H,21,24). The van der Waals surface area contributed by atoms with Crippen LogP contribution in [0.25, 0.3) is 0 Å². The zero-order chi connectivity index (χ0) is 18.4. The van der Waals surface area contributed by atoms with E-state index in [1.807, 2.05) is 12.1 Å². The minimum atomic E-state index is -0.610. The number of benzene rings is 2. The van der Waals surface area contributed by atoms with Gasteiger partial charge in [0, 0.05) is 0 Å². The molecule has 3 N–H and O–H groups in total. The van der Waals surface area contributed by atoms with Crippen molar-refractivity contribution in [3.63, 3.8) is 0 Å². The highest BCUT2D eigenvalue weighted by molar-refractivity contribution is 5.97. The molecule has 0 unspecified atom stereocenters. The van der Waals surface area contributed by atoms with Crippen molar-refractivity contribution in [1.82, 2.24) is 10.9 Å². The van der Waals surface area contributed by atoms with E-state index in [0.29, 0.717) is 5.75 Å². The van der Waals surface area contributed by atoms with E-state index in [9.17, 15) is 14.7 Å². The molecular weight excluding hydrogens is 320 g/mol. The summed E-state index contributed by atoms with van der Waals surface area (Å²) in [6.07, 6.45) is 0. The Morgan fingerprint density at radius 1 is 1.00 bits per heavy atom. The lowest BCUT2D eigenvalue weighted by molar-refractivity contribution is -0.123. The molecule has 0 saturated carbocycles. The van der Waals surface area contributed by atoms with Crippen LogP contribution in [0.15, 0.2) is 48.5 Å². The van der Waals surface area contributed by atoms with Crippen LogP contribution in [0, 0.1) is 0 Å². The first-order chi connectivity index (χ1) is 11.8. The summed E-state index contributed by atoms with van der Waals surface area (Å²) >= 11 is 0. The molecule has 2 aromatic carbocycles. The molecule has 6 heteroatoms. The van der Waals surface area contributed by atoms with Gasteiger partial charge in [-0.15, -0.1) is 0 Å². The van der Waals surface area contributed by atoms with E-state index in [0.717, 1.165) is 0 Å². The average molecular weight is 342 g/mol. The van der Waals surface area contributed by atoms with Crippen molar-refractivity contribution in [1.29, 1.82) is 0 Å². The zero-order valence-corrected chi connectivity index (χ0v) is 14.5. The molecule has 0 heterocycles. The van der Waals surface area contributed by atoms with Gasteiger partial charge in [-0.1, -0.05) is 45.0 Å². The quantitative estimate of drug-likeness (QED) is 0.745. The number of carbonyl (C=O) groups excluding carboxylic acids is 2. The average Bonchev–Trinajstić information content (AvgIpc) is 2.58. The third-order valence-electron chi connectivity index (χ3n) is 3.55. The highest BCUT2D eigenvalue weighted by Gasteiger charge is 2.14. The first-order valence-corrected chi connectivity index (χ1v) is 7.88. The molecule has 2 rings (SSSR count). The van der Waals surface area contributed by atoms with E-state index in [1.165, 1.54) is 17.7 Å². The number of phenolic OH excluding ortho intramolecular Hbond substituents is 1. The number of aromatic hydroxyl groups is 1. The number of ether oxygens (including phenoxy) is 1. The molecule has 0 aliphatic carbocycles. The van der Waals surface area contributed by atoms with Crippen LogP contribution >= 0.6 is 0 Å². The first kappa shape index (κ1) is 18.3. The topological polar surface area (TPSA) is 87.7 Å². The van der Waals surface area contributed by atoms with Gasteiger partial charge in [-0.05, 0) is 35.2 Å². The Hall–Kier alpha value is -3.02. The normalized spacial score (nSPS) is 10.8. The number of hydrogen-bond acceptors (Lipinski definition) is 4. The number of para-hydroxylation sites is 1. The Bertz CT molecular complexity index is 749. The van der Waals surface area contributed by atoms with Crippen LogP contribution in [-0.4, -0.2) is 23.5 Å². The maximum absolute atomic E-state index is 11.8. The molecule has 0 spiro atoms. The summed E-state index contributed by atoms with van der Waals surface area (Å²) in [4.78, 5) is 23.6. The maximum Gasteiger partial charge on any atom is 0.276 e. The number of amides is 2. The van der Waals surface area contributed by atoms with Crippen molar-refractivity contribution >= 4 is 11.8 Å². The number of hydrazine groups is 1. The Balaban J connectivity index is 1.81. The van der Waals surface area contributed by atoms with Gasteiger partial charge in [-0.3, -0.25) is 20.4 Å².